The molecule has 0 saturated heterocycles. The van der Waals surface area contributed by atoms with E-state index < -0.39 is 48.9 Å². The molecule has 1 rings (SSSR count). The molecule has 2 amide bonds. The van der Waals surface area contributed by atoms with Crippen molar-refractivity contribution < 1.29 is 33.4 Å². The highest BCUT2D eigenvalue weighted by atomic mass is 16.6. The van der Waals surface area contributed by atoms with Gasteiger partial charge in [-0.05, 0) is 19.1 Å². The number of ether oxygens (including phenoxy) is 2. The molecule has 0 aliphatic carbocycles. The Labute approximate surface area is 149 Å². The normalized spacial score (nSPS) is 11.0. The van der Waals surface area contributed by atoms with E-state index in [1.165, 1.54) is 19.1 Å². The third-order valence-corrected chi connectivity index (χ3v) is 2.92. The Morgan fingerprint density at radius 1 is 1.08 bits per heavy atom. The fraction of sp³-hybridized carbons (Fsp3) is 0.312. The van der Waals surface area contributed by atoms with E-state index >= 15 is 0 Å². The second-order valence-electron chi connectivity index (χ2n) is 5.00. The van der Waals surface area contributed by atoms with Gasteiger partial charge in [-0.1, -0.05) is 18.2 Å². The molecule has 0 aliphatic rings. The Bertz CT molecular complexity index is 676. The predicted molar refractivity (Wildman–Crippen MR) is 87.5 cm³/mol. The molecule has 26 heavy (non-hydrogen) atoms. The smallest absolute Gasteiger partial charge is 0.351 e. The summed E-state index contributed by atoms with van der Waals surface area (Å²) in [5.41, 5.74) is 5.34. The summed E-state index contributed by atoms with van der Waals surface area (Å²) in [4.78, 5) is 57.2. The van der Waals surface area contributed by atoms with Crippen LogP contribution in [0.15, 0.2) is 30.3 Å². The minimum atomic E-state index is -1.09. The van der Waals surface area contributed by atoms with Crippen molar-refractivity contribution in [3.63, 3.8) is 0 Å². The lowest BCUT2D eigenvalue weighted by molar-refractivity contribution is -0.161. The van der Waals surface area contributed by atoms with Gasteiger partial charge in [-0.15, -0.1) is 0 Å². The monoisotopic (exact) mass is 365 g/mol. The van der Waals surface area contributed by atoms with Crippen LogP contribution in [0, 0.1) is 0 Å². The van der Waals surface area contributed by atoms with Crippen LogP contribution in [-0.2, 0) is 28.7 Å². The number of hydrogen-bond acceptors (Lipinski definition) is 8. The minimum Gasteiger partial charge on any atom is -0.450 e. The molecule has 0 saturated carbocycles. The zero-order valence-corrected chi connectivity index (χ0v) is 14.0. The van der Waals surface area contributed by atoms with Crippen molar-refractivity contribution in [2.45, 2.75) is 13.0 Å². The number of rotatable bonds is 8. The molecule has 4 N–H and O–H groups in total. The number of hydrogen-bond donors (Lipinski definition) is 3. The first kappa shape index (κ1) is 20.8. The Balaban J connectivity index is 2.30. The maximum Gasteiger partial charge on any atom is 0.351 e. The molecule has 1 aromatic carbocycles. The van der Waals surface area contributed by atoms with Gasteiger partial charge in [0.1, 0.15) is 12.6 Å². The van der Waals surface area contributed by atoms with Gasteiger partial charge in [0.25, 0.3) is 0 Å². The number of esters is 3. The summed E-state index contributed by atoms with van der Waals surface area (Å²) in [7, 11) is 0. The highest BCUT2D eigenvalue weighted by Gasteiger charge is 2.18. The van der Waals surface area contributed by atoms with Gasteiger partial charge >= 0.3 is 17.9 Å². The molecule has 1 aromatic rings. The SMILES string of the molecule is C[C@@H](NC(=O)CN)C(=O)NCC(=O)OC(=O)COC(=O)c1ccccc1. The van der Waals surface area contributed by atoms with E-state index in [0.29, 0.717) is 0 Å². The Morgan fingerprint density at radius 3 is 2.35 bits per heavy atom. The molecule has 0 aliphatic heterocycles. The third-order valence-electron chi connectivity index (χ3n) is 2.92. The van der Waals surface area contributed by atoms with Crippen LogP contribution in [0.4, 0.5) is 0 Å². The lowest BCUT2D eigenvalue weighted by Gasteiger charge is -2.12. The Hall–Kier alpha value is -3.27. The molecule has 1 atom stereocenters. The number of nitrogens with one attached hydrogen (secondary N) is 2. The molecule has 0 fully saturated rings. The summed E-state index contributed by atoms with van der Waals surface area (Å²) in [6, 6.07) is 7.04. The van der Waals surface area contributed by atoms with E-state index in [0.717, 1.165) is 0 Å². The van der Waals surface area contributed by atoms with Crippen LogP contribution in [0.25, 0.3) is 0 Å². The highest BCUT2D eigenvalue weighted by molar-refractivity contribution is 5.94. The van der Waals surface area contributed by atoms with Crippen LogP contribution < -0.4 is 16.4 Å². The van der Waals surface area contributed by atoms with Crippen molar-refractivity contribution in [2.75, 3.05) is 19.7 Å². The van der Waals surface area contributed by atoms with Crippen molar-refractivity contribution >= 4 is 29.7 Å². The first-order chi connectivity index (χ1) is 12.3. The van der Waals surface area contributed by atoms with Crippen molar-refractivity contribution in [1.29, 1.82) is 0 Å². The number of carbonyl (C=O) groups excluding carboxylic acids is 5. The van der Waals surface area contributed by atoms with Gasteiger partial charge in [0.15, 0.2) is 6.61 Å². The third kappa shape index (κ3) is 7.53. The van der Waals surface area contributed by atoms with Crippen molar-refractivity contribution in [2.24, 2.45) is 5.73 Å². The molecule has 0 heterocycles. The van der Waals surface area contributed by atoms with Crippen molar-refractivity contribution in [3.05, 3.63) is 35.9 Å². The summed E-state index contributed by atoms with van der Waals surface area (Å²) in [6.45, 7) is -0.241. The highest BCUT2D eigenvalue weighted by Crippen LogP contribution is 2.01. The summed E-state index contributed by atoms with van der Waals surface area (Å²) >= 11 is 0. The first-order valence-electron chi connectivity index (χ1n) is 7.56. The standard InChI is InChI=1S/C16H19N3O7/c1-10(19-12(20)7-17)15(23)18-8-13(21)26-14(22)9-25-16(24)11-5-3-2-4-6-11/h2-6,10H,7-9,17H2,1H3,(H,18,23)(H,19,20)/t10-/m1/s1. The van der Waals surface area contributed by atoms with E-state index in [4.69, 9.17) is 10.5 Å². The predicted octanol–water partition coefficient (Wildman–Crippen LogP) is -1.51. The largest absolute Gasteiger partial charge is 0.450 e. The molecule has 0 radical (unpaired) electrons. The molecular weight excluding hydrogens is 346 g/mol. The second-order valence-corrected chi connectivity index (χ2v) is 5.00. The zero-order chi connectivity index (χ0) is 19.5. The Kier molecular flexibility index (Phi) is 8.44. The van der Waals surface area contributed by atoms with Crippen LogP contribution in [-0.4, -0.2) is 55.5 Å². The molecule has 0 unspecified atom stereocenters. The number of benzene rings is 1. The lowest BCUT2D eigenvalue weighted by Crippen LogP contribution is -2.47. The maximum atomic E-state index is 11.6. The molecule has 140 valence electrons. The van der Waals surface area contributed by atoms with Crippen LogP contribution >= 0.6 is 0 Å². The summed E-state index contributed by atoms with van der Waals surface area (Å²) in [5.74, 6) is -4.07. The van der Waals surface area contributed by atoms with Crippen LogP contribution in [0.5, 0.6) is 0 Å². The van der Waals surface area contributed by atoms with Gasteiger partial charge in [0, 0.05) is 0 Å². The fourth-order valence-electron chi connectivity index (χ4n) is 1.65. The molecule has 0 bridgehead atoms. The molecule has 10 nitrogen and oxygen atoms in total. The average molecular weight is 365 g/mol. The topological polar surface area (TPSA) is 154 Å². The average Bonchev–Trinajstić information content (AvgIpc) is 2.64. The van der Waals surface area contributed by atoms with Gasteiger partial charge in [0.05, 0.1) is 12.1 Å². The Morgan fingerprint density at radius 2 is 1.73 bits per heavy atom. The molecular formula is C16H19N3O7. The van der Waals surface area contributed by atoms with Gasteiger partial charge < -0.3 is 25.8 Å². The van der Waals surface area contributed by atoms with Gasteiger partial charge in [-0.25, -0.2) is 14.4 Å². The van der Waals surface area contributed by atoms with Gasteiger partial charge in [0.2, 0.25) is 11.8 Å². The summed E-state index contributed by atoms with van der Waals surface area (Å²) < 4.78 is 9.09. The van der Waals surface area contributed by atoms with Crippen LogP contribution in [0.3, 0.4) is 0 Å². The summed E-state index contributed by atoms with van der Waals surface area (Å²) in [5, 5.41) is 4.47. The number of carbonyl (C=O) groups is 5. The maximum absolute atomic E-state index is 11.6. The van der Waals surface area contributed by atoms with E-state index in [1.54, 1.807) is 18.2 Å². The first-order valence-corrected chi connectivity index (χ1v) is 7.56. The quantitative estimate of drug-likeness (QED) is 0.371. The van der Waals surface area contributed by atoms with Crippen LogP contribution in [0.1, 0.15) is 17.3 Å². The van der Waals surface area contributed by atoms with Crippen molar-refractivity contribution in [1.82, 2.24) is 10.6 Å². The van der Waals surface area contributed by atoms with E-state index in [-0.39, 0.29) is 12.1 Å². The fourth-order valence-corrected chi connectivity index (χ4v) is 1.65. The van der Waals surface area contributed by atoms with Gasteiger partial charge in [-0.3, -0.25) is 9.59 Å². The zero-order valence-electron chi connectivity index (χ0n) is 14.0. The number of amides is 2. The second kappa shape index (κ2) is 10.6. The molecule has 10 heteroatoms. The number of nitrogens with two attached hydrogens (primary N) is 1. The van der Waals surface area contributed by atoms with Crippen molar-refractivity contribution in [3.8, 4) is 0 Å². The van der Waals surface area contributed by atoms with E-state index in [1.807, 2.05) is 0 Å². The molecule has 0 spiro atoms. The van der Waals surface area contributed by atoms with Crippen LogP contribution in [0.2, 0.25) is 0 Å². The van der Waals surface area contributed by atoms with E-state index in [9.17, 15) is 24.0 Å². The summed E-state index contributed by atoms with van der Waals surface area (Å²) in [6.07, 6.45) is 0. The lowest BCUT2D eigenvalue weighted by atomic mass is 10.2. The van der Waals surface area contributed by atoms with Gasteiger partial charge in [-0.2, -0.15) is 0 Å². The minimum absolute atomic E-state index is 0.243. The van der Waals surface area contributed by atoms with E-state index in [2.05, 4.69) is 15.4 Å². The molecule has 0 aromatic heterocycles.